The number of nitrogens with zero attached hydrogens (tertiary/aromatic N) is 1. The fraction of sp³-hybridized carbons (Fsp3) is 0.583. The third kappa shape index (κ3) is 3.88. The van der Waals surface area contributed by atoms with Gasteiger partial charge in [-0.3, -0.25) is 4.98 Å². The fourth-order valence-corrected chi connectivity index (χ4v) is 1.22. The van der Waals surface area contributed by atoms with E-state index in [0.29, 0.717) is 0 Å². The molecule has 1 aromatic rings. The number of aromatic nitrogens is 1. The molecule has 0 aliphatic heterocycles. The Labute approximate surface area is 86.8 Å². The second-order valence-electron chi connectivity index (χ2n) is 4.27. The van der Waals surface area contributed by atoms with Gasteiger partial charge in [-0.15, -0.1) is 0 Å². The van der Waals surface area contributed by atoms with Crippen LogP contribution in [0.1, 0.15) is 32.8 Å². The molecular formula is C12H20N2. The molecule has 0 bridgehead atoms. The van der Waals surface area contributed by atoms with Crippen molar-refractivity contribution >= 4 is 0 Å². The van der Waals surface area contributed by atoms with Crippen LogP contribution in [0.3, 0.4) is 0 Å². The molecule has 0 amide bonds. The van der Waals surface area contributed by atoms with E-state index in [1.165, 1.54) is 5.56 Å². The van der Waals surface area contributed by atoms with E-state index in [1.807, 2.05) is 12.4 Å². The van der Waals surface area contributed by atoms with Gasteiger partial charge in [-0.05, 0) is 50.9 Å². The van der Waals surface area contributed by atoms with Crippen molar-refractivity contribution in [3.8, 4) is 0 Å². The minimum Gasteiger partial charge on any atom is -0.311 e. The Morgan fingerprint density at radius 2 is 1.93 bits per heavy atom. The molecule has 0 unspecified atom stereocenters. The minimum absolute atomic E-state index is 0.257. The summed E-state index contributed by atoms with van der Waals surface area (Å²) in [6, 6.07) is 4.14. The van der Waals surface area contributed by atoms with Crippen molar-refractivity contribution in [2.75, 3.05) is 6.54 Å². The Morgan fingerprint density at radius 3 is 2.50 bits per heavy atom. The molecule has 0 atom stereocenters. The molecule has 2 heteroatoms. The lowest BCUT2D eigenvalue weighted by Gasteiger charge is -2.24. The summed E-state index contributed by atoms with van der Waals surface area (Å²) in [7, 11) is 0. The molecule has 0 aliphatic carbocycles. The van der Waals surface area contributed by atoms with Crippen LogP contribution < -0.4 is 5.32 Å². The van der Waals surface area contributed by atoms with Crippen LogP contribution in [0.2, 0.25) is 0 Å². The van der Waals surface area contributed by atoms with Crippen LogP contribution in [0.5, 0.6) is 0 Å². The molecule has 0 aliphatic rings. The summed E-state index contributed by atoms with van der Waals surface area (Å²) in [5.41, 5.74) is 1.60. The zero-order valence-corrected chi connectivity index (χ0v) is 9.38. The Kier molecular flexibility index (Phi) is 4.08. The van der Waals surface area contributed by atoms with Gasteiger partial charge in [-0.2, -0.15) is 0 Å². The zero-order chi connectivity index (χ0) is 10.4. The normalized spacial score (nSPS) is 11.6. The van der Waals surface area contributed by atoms with E-state index in [1.54, 1.807) is 0 Å². The van der Waals surface area contributed by atoms with Crippen molar-refractivity contribution in [3.05, 3.63) is 30.1 Å². The van der Waals surface area contributed by atoms with E-state index in [2.05, 4.69) is 43.2 Å². The smallest absolute Gasteiger partial charge is 0.0270 e. The Morgan fingerprint density at radius 1 is 1.29 bits per heavy atom. The maximum absolute atomic E-state index is 4.00. The highest BCUT2D eigenvalue weighted by molar-refractivity contribution is 5.09. The third-order valence-corrected chi connectivity index (χ3v) is 2.65. The number of pyridine rings is 1. The van der Waals surface area contributed by atoms with E-state index in [9.17, 15) is 0 Å². The molecule has 2 nitrogen and oxygen atoms in total. The molecule has 0 spiro atoms. The highest BCUT2D eigenvalue weighted by Crippen LogP contribution is 2.06. The zero-order valence-electron chi connectivity index (χ0n) is 9.38. The van der Waals surface area contributed by atoms with Crippen LogP contribution in [0.15, 0.2) is 24.5 Å². The monoisotopic (exact) mass is 192 g/mol. The molecule has 14 heavy (non-hydrogen) atoms. The summed E-state index contributed by atoms with van der Waals surface area (Å²) in [4.78, 5) is 4.00. The van der Waals surface area contributed by atoms with Gasteiger partial charge in [0.05, 0.1) is 0 Å². The van der Waals surface area contributed by atoms with Gasteiger partial charge in [0.25, 0.3) is 0 Å². The predicted molar refractivity (Wildman–Crippen MR) is 60.3 cm³/mol. The second kappa shape index (κ2) is 5.11. The molecule has 78 valence electrons. The van der Waals surface area contributed by atoms with Crippen molar-refractivity contribution in [3.63, 3.8) is 0 Å². The second-order valence-corrected chi connectivity index (χ2v) is 4.27. The first-order valence-corrected chi connectivity index (χ1v) is 5.28. The lowest BCUT2D eigenvalue weighted by molar-refractivity contribution is 0.379. The topological polar surface area (TPSA) is 24.9 Å². The first kappa shape index (κ1) is 11.2. The molecule has 0 saturated carbocycles. The molecule has 1 N–H and O–H groups in total. The maximum Gasteiger partial charge on any atom is 0.0270 e. The van der Waals surface area contributed by atoms with E-state index in [0.717, 1.165) is 19.4 Å². The molecule has 0 fully saturated rings. The van der Waals surface area contributed by atoms with Crippen LogP contribution in [-0.4, -0.2) is 17.1 Å². The van der Waals surface area contributed by atoms with Crippen LogP contribution in [0.25, 0.3) is 0 Å². The van der Waals surface area contributed by atoms with Crippen molar-refractivity contribution < 1.29 is 0 Å². The van der Waals surface area contributed by atoms with Gasteiger partial charge in [0, 0.05) is 17.9 Å². The van der Waals surface area contributed by atoms with Gasteiger partial charge in [-0.1, -0.05) is 6.92 Å². The Bertz CT molecular complexity index is 254. The van der Waals surface area contributed by atoms with Gasteiger partial charge in [0.2, 0.25) is 0 Å². The van der Waals surface area contributed by atoms with Crippen LogP contribution >= 0.6 is 0 Å². The number of hydrogen-bond acceptors (Lipinski definition) is 2. The molecular weight excluding hydrogens is 172 g/mol. The standard InChI is InChI=1S/C12H20N2/c1-4-12(2,3)14-10-7-11-5-8-13-9-6-11/h5-6,8-9,14H,4,7,10H2,1-3H3. The van der Waals surface area contributed by atoms with Gasteiger partial charge in [0.15, 0.2) is 0 Å². The predicted octanol–water partition coefficient (Wildman–Crippen LogP) is 2.40. The summed E-state index contributed by atoms with van der Waals surface area (Å²) >= 11 is 0. The average molecular weight is 192 g/mol. The lowest BCUT2D eigenvalue weighted by atomic mass is 10.0. The Balaban J connectivity index is 2.29. The summed E-state index contributed by atoms with van der Waals surface area (Å²) in [6.45, 7) is 7.71. The number of nitrogens with one attached hydrogen (secondary N) is 1. The van der Waals surface area contributed by atoms with Gasteiger partial charge in [-0.25, -0.2) is 0 Å². The SMILES string of the molecule is CCC(C)(C)NCCc1ccncc1. The molecule has 0 aromatic carbocycles. The van der Waals surface area contributed by atoms with Crippen molar-refractivity contribution in [2.45, 2.75) is 39.2 Å². The molecule has 1 heterocycles. The highest BCUT2D eigenvalue weighted by Gasteiger charge is 2.12. The van der Waals surface area contributed by atoms with E-state index < -0.39 is 0 Å². The van der Waals surface area contributed by atoms with Crippen molar-refractivity contribution in [1.82, 2.24) is 10.3 Å². The molecule has 0 radical (unpaired) electrons. The van der Waals surface area contributed by atoms with Crippen LogP contribution in [0, 0.1) is 0 Å². The van der Waals surface area contributed by atoms with Crippen LogP contribution in [0.4, 0.5) is 0 Å². The van der Waals surface area contributed by atoms with Gasteiger partial charge < -0.3 is 5.32 Å². The molecule has 1 aromatic heterocycles. The number of hydrogen-bond donors (Lipinski definition) is 1. The van der Waals surface area contributed by atoms with E-state index in [-0.39, 0.29) is 5.54 Å². The largest absolute Gasteiger partial charge is 0.311 e. The van der Waals surface area contributed by atoms with E-state index >= 15 is 0 Å². The van der Waals surface area contributed by atoms with Gasteiger partial charge >= 0.3 is 0 Å². The van der Waals surface area contributed by atoms with Crippen molar-refractivity contribution in [2.24, 2.45) is 0 Å². The first-order chi connectivity index (χ1) is 6.64. The quantitative estimate of drug-likeness (QED) is 0.775. The maximum atomic E-state index is 4.00. The summed E-state index contributed by atoms with van der Waals surface area (Å²) < 4.78 is 0. The van der Waals surface area contributed by atoms with Gasteiger partial charge in [0.1, 0.15) is 0 Å². The van der Waals surface area contributed by atoms with E-state index in [4.69, 9.17) is 0 Å². The summed E-state index contributed by atoms with van der Waals surface area (Å²) in [5, 5.41) is 3.54. The minimum atomic E-state index is 0.257. The molecule has 0 saturated heterocycles. The first-order valence-electron chi connectivity index (χ1n) is 5.28. The summed E-state index contributed by atoms with van der Waals surface area (Å²) in [5.74, 6) is 0. The highest BCUT2D eigenvalue weighted by atomic mass is 14.9. The van der Waals surface area contributed by atoms with Crippen LogP contribution in [-0.2, 0) is 6.42 Å². The molecule has 1 rings (SSSR count). The Hall–Kier alpha value is -0.890. The van der Waals surface area contributed by atoms with Crippen molar-refractivity contribution in [1.29, 1.82) is 0 Å². The number of rotatable bonds is 5. The summed E-state index contributed by atoms with van der Waals surface area (Å²) in [6.07, 6.45) is 5.93. The third-order valence-electron chi connectivity index (χ3n) is 2.65. The average Bonchev–Trinajstić information content (AvgIpc) is 2.19. The fourth-order valence-electron chi connectivity index (χ4n) is 1.22. The lowest BCUT2D eigenvalue weighted by Crippen LogP contribution is -2.39.